The van der Waals surface area contributed by atoms with Crippen LogP contribution in [-0.4, -0.2) is 29.7 Å². The summed E-state index contributed by atoms with van der Waals surface area (Å²) in [6.07, 6.45) is 0. The number of sulfonamides is 2. The molecule has 2 N–H and O–H groups in total. The topological polar surface area (TPSA) is 119 Å². The number of hydrogen-bond donors (Lipinski definition) is 2. The lowest BCUT2D eigenvalue weighted by Gasteiger charge is -2.15. The van der Waals surface area contributed by atoms with Crippen LogP contribution in [0.3, 0.4) is 0 Å². The van der Waals surface area contributed by atoms with Crippen molar-refractivity contribution < 1.29 is 30.8 Å². The average Bonchev–Trinajstić information content (AvgIpc) is 2.74. The summed E-state index contributed by atoms with van der Waals surface area (Å²) >= 11 is 0. The van der Waals surface area contributed by atoms with E-state index < -0.39 is 25.9 Å². The molecule has 3 rings (SSSR count). The lowest BCUT2D eigenvalue weighted by Crippen LogP contribution is -2.15. The maximum atomic E-state index is 13.1. The van der Waals surface area contributed by atoms with Crippen LogP contribution in [0.1, 0.15) is 17.3 Å². The Balaban J connectivity index is 1.90. The van der Waals surface area contributed by atoms with Crippen molar-refractivity contribution in [2.75, 3.05) is 16.6 Å². The zero-order valence-corrected chi connectivity index (χ0v) is 18.6. The third-order valence-corrected chi connectivity index (χ3v) is 7.17. The standard InChI is InChI=1S/C21H19FN2O6S2/c1-14(25)15-3-8-18(9-4-15)31(26,27)23-17-7-12-21(30-2)20(13-17)24-32(28,29)19-10-5-16(22)6-11-19/h3-13,23-24H,1-2H3. The SMILES string of the molecule is COc1ccc(NS(=O)(=O)c2ccc(C(C)=O)cc2)cc1NS(=O)(=O)c1ccc(F)cc1. The fourth-order valence-electron chi connectivity index (χ4n) is 2.75. The number of hydrogen-bond acceptors (Lipinski definition) is 6. The molecule has 3 aromatic carbocycles. The molecule has 0 saturated heterocycles. The number of ether oxygens (including phenoxy) is 1. The van der Waals surface area contributed by atoms with Gasteiger partial charge >= 0.3 is 0 Å². The van der Waals surface area contributed by atoms with Gasteiger partial charge in [-0.05, 0) is 61.5 Å². The van der Waals surface area contributed by atoms with E-state index >= 15 is 0 Å². The highest BCUT2D eigenvalue weighted by Gasteiger charge is 2.19. The molecule has 0 atom stereocenters. The summed E-state index contributed by atoms with van der Waals surface area (Å²) < 4.78 is 73.6. The minimum absolute atomic E-state index is 0.0241. The third-order valence-electron chi connectivity index (χ3n) is 4.39. The fourth-order valence-corrected chi connectivity index (χ4v) is 4.86. The van der Waals surface area contributed by atoms with Crippen LogP contribution in [0.25, 0.3) is 0 Å². The summed E-state index contributed by atoms with van der Waals surface area (Å²) in [6.45, 7) is 1.37. The van der Waals surface area contributed by atoms with Gasteiger partial charge in [0.1, 0.15) is 11.6 Å². The normalized spacial score (nSPS) is 11.6. The number of halogens is 1. The molecule has 0 fully saturated rings. The highest BCUT2D eigenvalue weighted by atomic mass is 32.2. The number of Topliss-reactive ketones (excluding diaryl/α,β-unsaturated/α-hetero) is 1. The van der Waals surface area contributed by atoms with Gasteiger partial charge in [0.05, 0.1) is 28.3 Å². The molecule has 3 aromatic rings. The Morgan fingerprint density at radius 1 is 0.812 bits per heavy atom. The largest absolute Gasteiger partial charge is 0.495 e. The van der Waals surface area contributed by atoms with E-state index in [1.807, 2.05) is 0 Å². The maximum absolute atomic E-state index is 13.1. The molecule has 0 aliphatic rings. The molecule has 0 aliphatic carbocycles. The van der Waals surface area contributed by atoms with Crippen molar-refractivity contribution >= 4 is 37.2 Å². The predicted octanol–water partition coefficient (Wildman–Crippen LogP) is 3.64. The molecule has 8 nitrogen and oxygen atoms in total. The highest BCUT2D eigenvalue weighted by Crippen LogP contribution is 2.31. The number of carbonyl (C=O) groups excluding carboxylic acids is 1. The molecule has 0 spiro atoms. The Hall–Kier alpha value is -3.44. The number of benzene rings is 3. The van der Waals surface area contributed by atoms with Gasteiger partial charge in [-0.25, -0.2) is 21.2 Å². The Labute approximate surface area is 185 Å². The van der Waals surface area contributed by atoms with E-state index in [9.17, 15) is 26.0 Å². The van der Waals surface area contributed by atoms with E-state index in [1.54, 1.807) is 0 Å². The van der Waals surface area contributed by atoms with Crippen LogP contribution in [0.2, 0.25) is 0 Å². The molecule has 0 heterocycles. The van der Waals surface area contributed by atoms with Crippen LogP contribution in [0.15, 0.2) is 76.5 Å². The predicted molar refractivity (Wildman–Crippen MR) is 117 cm³/mol. The summed E-state index contributed by atoms with van der Waals surface area (Å²) in [5.74, 6) is -0.645. The lowest BCUT2D eigenvalue weighted by molar-refractivity contribution is 0.101. The first-order chi connectivity index (χ1) is 15.0. The minimum Gasteiger partial charge on any atom is -0.495 e. The van der Waals surface area contributed by atoms with Crippen molar-refractivity contribution in [2.45, 2.75) is 16.7 Å². The van der Waals surface area contributed by atoms with Gasteiger partial charge in [-0.1, -0.05) is 12.1 Å². The highest BCUT2D eigenvalue weighted by molar-refractivity contribution is 7.93. The van der Waals surface area contributed by atoms with Gasteiger partial charge in [-0.2, -0.15) is 0 Å². The molecule has 11 heteroatoms. The maximum Gasteiger partial charge on any atom is 0.262 e. The van der Waals surface area contributed by atoms with E-state index in [-0.39, 0.29) is 32.7 Å². The summed E-state index contributed by atoms with van der Waals surface area (Å²) in [7, 11) is -6.78. The molecule has 0 radical (unpaired) electrons. The summed E-state index contributed by atoms with van der Waals surface area (Å²) in [5.41, 5.74) is 0.410. The Bertz CT molecular complexity index is 1350. The molecule has 0 bridgehead atoms. The van der Waals surface area contributed by atoms with Gasteiger partial charge in [0.2, 0.25) is 0 Å². The summed E-state index contributed by atoms with van der Waals surface area (Å²) in [4.78, 5) is 11.1. The van der Waals surface area contributed by atoms with Gasteiger partial charge < -0.3 is 4.74 Å². The monoisotopic (exact) mass is 478 g/mol. The van der Waals surface area contributed by atoms with Crippen LogP contribution in [0.5, 0.6) is 5.75 Å². The fraction of sp³-hybridized carbons (Fsp3) is 0.0952. The summed E-state index contributed by atoms with van der Waals surface area (Å²) in [6, 6.07) is 13.6. The molecule has 168 valence electrons. The van der Waals surface area contributed by atoms with Crippen LogP contribution >= 0.6 is 0 Å². The van der Waals surface area contributed by atoms with Crippen molar-refractivity contribution in [1.82, 2.24) is 0 Å². The van der Waals surface area contributed by atoms with Gasteiger partial charge in [-0.3, -0.25) is 14.2 Å². The van der Waals surface area contributed by atoms with Gasteiger partial charge in [-0.15, -0.1) is 0 Å². The van der Waals surface area contributed by atoms with Crippen LogP contribution in [-0.2, 0) is 20.0 Å². The van der Waals surface area contributed by atoms with E-state index in [1.165, 1.54) is 56.5 Å². The first kappa shape index (κ1) is 23.2. The number of ketones is 1. The number of methoxy groups -OCH3 is 1. The van der Waals surface area contributed by atoms with E-state index in [4.69, 9.17) is 4.74 Å². The van der Waals surface area contributed by atoms with Crippen molar-refractivity contribution in [3.63, 3.8) is 0 Å². The molecule has 0 unspecified atom stereocenters. The molecule has 0 amide bonds. The zero-order chi connectivity index (χ0) is 23.5. The first-order valence-electron chi connectivity index (χ1n) is 9.12. The number of carbonyl (C=O) groups is 1. The minimum atomic E-state index is -4.09. The Morgan fingerprint density at radius 2 is 1.34 bits per heavy atom. The molecule has 0 aliphatic heterocycles. The molecule has 0 saturated carbocycles. The van der Waals surface area contributed by atoms with Crippen molar-refractivity contribution in [1.29, 1.82) is 0 Å². The van der Waals surface area contributed by atoms with Crippen molar-refractivity contribution in [3.05, 3.63) is 78.1 Å². The average molecular weight is 479 g/mol. The third kappa shape index (κ3) is 5.24. The quantitative estimate of drug-likeness (QED) is 0.477. The van der Waals surface area contributed by atoms with Gasteiger partial charge in [0.15, 0.2) is 5.78 Å². The van der Waals surface area contributed by atoms with Crippen molar-refractivity contribution in [3.8, 4) is 5.75 Å². The first-order valence-corrected chi connectivity index (χ1v) is 12.1. The van der Waals surface area contributed by atoms with Crippen molar-refractivity contribution in [2.24, 2.45) is 0 Å². The second kappa shape index (κ2) is 8.97. The Morgan fingerprint density at radius 3 is 1.88 bits per heavy atom. The smallest absolute Gasteiger partial charge is 0.262 e. The van der Waals surface area contributed by atoms with Gasteiger partial charge in [0.25, 0.3) is 20.0 Å². The lowest BCUT2D eigenvalue weighted by atomic mass is 10.2. The number of anilines is 2. The number of rotatable bonds is 8. The molecular formula is C21H19FN2O6S2. The molecular weight excluding hydrogens is 459 g/mol. The second-order valence-corrected chi connectivity index (χ2v) is 10.0. The zero-order valence-electron chi connectivity index (χ0n) is 17.0. The van der Waals surface area contributed by atoms with E-state index in [0.29, 0.717) is 5.56 Å². The molecule has 32 heavy (non-hydrogen) atoms. The van der Waals surface area contributed by atoms with Crippen LogP contribution in [0, 0.1) is 5.82 Å². The second-order valence-electron chi connectivity index (χ2n) is 6.66. The van der Waals surface area contributed by atoms with E-state index in [0.717, 1.165) is 24.3 Å². The van der Waals surface area contributed by atoms with Crippen LogP contribution in [0.4, 0.5) is 15.8 Å². The van der Waals surface area contributed by atoms with Crippen LogP contribution < -0.4 is 14.2 Å². The van der Waals surface area contributed by atoms with E-state index in [2.05, 4.69) is 9.44 Å². The summed E-state index contributed by atoms with van der Waals surface area (Å²) in [5, 5.41) is 0. The Kier molecular flexibility index (Phi) is 6.51. The number of nitrogens with one attached hydrogen (secondary N) is 2. The molecule has 0 aromatic heterocycles. The van der Waals surface area contributed by atoms with Gasteiger partial charge in [0, 0.05) is 5.56 Å².